The molecule has 0 N–H and O–H groups in total. The van der Waals surface area contributed by atoms with E-state index in [2.05, 4.69) is 31.1 Å². The molecular weight excluding hydrogens is 284 g/mol. The molecule has 2 nitrogen and oxygen atoms in total. The van der Waals surface area contributed by atoms with E-state index in [0.29, 0.717) is 17.3 Å². The third-order valence-corrected chi connectivity index (χ3v) is 7.28. The van der Waals surface area contributed by atoms with Crippen molar-refractivity contribution in [2.45, 2.75) is 51.4 Å². The lowest BCUT2D eigenvalue weighted by molar-refractivity contribution is 0.0412. The Kier molecular flexibility index (Phi) is 3.61. The van der Waals surface area contributed by atoms with Crippen molar-refractivity contribution in [3.63, 3.8) is 0 Å². The molecule has 5 atom stereocenters. The van der Waals surface area contributed by atoms with Gasteiger partial charge in [0.1, 0.15) is 11.7 Å². The van der Waals surface area contributed by atoms with Crippen LogP contribution in [-0.2, 0) is 11.2 Å². The Balaban J connectivity index is 1.66. The van der Waals surface area contributed by atoms with Crippen LogP contribution in [0.1, 0.15) is 56.1 Å². The molecule has 3 aliphatic carbocycles. The molecule has 0 amide bonds. The zero-order valence-electron chi connectivity index (χ0n) is 14.2. The molecule has 0 heterocycles. The molecule has 1 aromatic rings. The van der Waals surface area contributed by atoms with Crippen LogP contribution in [0.25, 0.3) is 0 Å². The Labute approximate surface area is 138 Å². The molecule has 23 heavy (non-hydrogen) atoms. The van der Waals surface area contributed by atoms with E-state index in [0.717, 1.165) is 17.6 Å². The monoisotopic (exact) mass is 310 g/mol. The molecule has 4 rings (SSSR count). The molecule has 0 bridgehead atoms. The van der Waals surface area contributed by atoms with Crippen LogP contribution in [0.15, 0.2) is 24.3 Å². The van der Waals surface area contributed by atoms with E-state index in [9.17, 15) is 4.79 Å². The summed E-state index contributed by atoms with van der Waals surface area (Å²) in [4.78, 5) is 10.9. The average molecular weight is 310 g/mol. The van der Waals surface area contributed by atoms with Gasteiger partial charge < -0.3 is 4.74 Å². The van der Waals surface area contributed by atoms with Crippen LogP contribution in [-0.4, -0.2) is 13.1 Å². The fraction of sp³-hybridized carbons (Fsp3) is 0.619. The first-order valence-corrected chi connectivity index (χ1v) is 9.05. The summed E-state index contributed by atoms with van der Waals surface area (Å²) >= 11 is 0. The highest BCUT2D eigenvalue weighted by Crippen LogP contribution is 2.63. The molecule has 0 radical (unpaired) electrons. The fourth-order valence-electron chi connectivity index (χ4n) is 6.08. The van der Waals surface area contributed by atoms with Gasteiger partial charge in [-0.3, -0.25) is 0 Å². The number of carbonyl (C=O) groups excluding carboxylic acids is 1. The van der Waals surface area contributed by atoms with Crippen molar-refractivity contribution >= 4 is 5.94 Å². The van der Waals surface area contributed by atoms with Gasteiger partial charge in [-0.1, -0.05) is 13.0 Å². The summed E-state index contributed by atoms with van der Waals surface area (Å²) in [7, 11) is 1.75. The van der Waals surface area contributed by atoms with E-state index in [1.807, 2.05) is 6.08 Å². The zero-order valence-corrected chi connectivity index (χ0v) is 14.2. The fourth-order valence-corrected chi connectivity index (χ4v) is 6.08. The van der Waals surface area contributed by atoms with E-state index in [-0.39, 0.29) is 0 Å². The molecule has 0 aliphatic heterocycles. The van der Waals surface area contributed by atoms with Crippen molar-refractivity contribution in [2.75, 3.05) is 7.11 Å². The van der Waals surface area contributed by atoms with E-state index in [1.165, 1.54) is 44.1 Å². The summed E-state index contributed by atoms with van der Waals surface area (Å²) in [5.41, 5.74) is 3.39. The van der Waals surface area contributed by atoms with Crippen LogP contribution in [0.3, 0.4) is 0 Å². The molecule has 3 aliphatic rings. The second-order valence-corrected chi connectivity index (χ2v) is 7.99. The number of ether oxygens (including phenoxy) is 1. The van der Waals surface area contributed by atoms with Gasteiger partial charge >= 0.3 is 0 Å². The standard InChI is InChI=1S/C21H26O2/c1-21-11-9-18-17-7-5-16(23-2)13-14(17)3-6-19(18)20(21)8-4-15(21)10-12-22/h5,7,10,13,15,18-20H,3-4,6,8-9,11H2,1-2H3/t15-,18+,19+,20-,21+/m0/s1. The van der Waals surface area contributed by atoms with Crippen LogP contribution in [0.2, 0.25) is 0 Å². The second-order valence-electron chi connectivity index (χ2n) is 7.99. The number of rotatable bonds is 2. The maximum Gasteiger partial charge on any atom is 0.120 e. The minimum Gasteiger partial charge on any atom is -0.497 e. The molecule has 0 unspecified atom stereocenters. The highest BCUT2D eigenvalue weighted by molar-refractivity contribution is 5.46. The zero-order chi connectivity index (χ0) is 16.0. The first-order valence-electron chi connectivity index (χ1n) is 9.05. The maximum atomic E-state index is 10.9. The Hall–Kier alpha value is -1.53. The third kappa shape index (κ3) is 2.19. The molecule has 0 aromatic heterocycles. The van der Waals surface area contributed by atoms with Crippen LogP contribution >= 0.6 is 0 Å². The number of aryl methyl sites for hydroxylation is 1. The Morgan fingerprint density at radius 1 is 1.26 bits per heavy atom. The average Bonchev–Trinajstić information content (AvgIpc) is 2.91. The van der Waals surface area contributed by atoms with Crippen LogP contribution in [0.4, 0.5) is 0 Å². The van der Waals surface area contributed by atoms with E-state index >= 15 is 0 Å². The van der Waals surface area contributed by atoms with Crippen molar-refractivity contribution in [3.05, 3.63) is 35.4 Å². The number of methoxy groups -OCH3 is 1. The van der Waals surface area contributed by atoms with Gasteiger partial charge in [-0.2, -0.15) is 0 Å². The van der Waals surface area contributed by atoms with Gasteiger partial charge in [-0.05, 0) is 90.9 Å². The number of allylic oxidation sites excluding steroid dienone is 1. The lowest BCUT2D eigenvalue weighted by Gasteiger charge is -2.50. The number of hydrogen-bond donors (Lipinski definition) is 0. The van der Waals surface area contributed by atoms with Gasteiger partial charge in [0.15, 0.2) is 0 Å². The summed E-state index contributed by atoms with van der Waals surface area (Å²) in [5, 5.41) is 0. The third-order valence-electron chi connectivity index (χ3n) is 7.28. The Bertz CT molecular complexity index is 658. The van der Waals surface area contributed by atoms with Crippen LogP contribution in [0, 0.1) is 23.2 Å². The van der Waals surface area contributed by atoms with Crippen molar-refractivity contribution in [1.82, 2.24) is 0 Å². The largest absolute Gasteiger partial charge is 0.497 e. The van der Waals surface area contributed by atoms with Gasteiger partial charge in [0.2, 0.25) is 0 Å². The second kappa shape index (κ2) is 5.53. The van der Waals surface area contributed by atoms with Gasteiger partial charge in [0.25, 0.3) is 0 Å². The van der Waals surface area contributed by atoms with Crippen molar-refractivity contribution in [3.8, 4) is 5.75 Å². The summed E-state index contributed by atoms with van der Waals surface area (Å²) in [6.45, 7) is 2.43. The molecule has 122 valence electrons. The first kappa shape index (κ1) is 15.0. The van der Waals surface area contributed by atoms with E-state index < -0.39 is 0 Å². The minimum atomic E-state index is 0.322. The quantitative estimate of drug-likeness (QED) is 0.749. The molecule has 0 spiro atoms. The Morgan fingerprint density at radius 3 is 2.91 bits per heavy atom. The van der Waals surface area contributed by atoms with Gasteiger partial charge in [0.05, 0.1) is 7.11 Å². The highest BCUT2D eigenvalue weighted by atomic mass is 16.5. The van der Waals surface area contributed by atoms with Gasteiger partial charge in [-0.25, -0.2) is 4.79 Å². The summed E-state index contributed by atoms with van der Waals surface area (Å²) in [6, 6.07) is 6.68. The number of fused-ring (bicyclic) bond motifs is 5. The topological polar surface area (TPSA) is 26.3 Å². The molecular formula is C21H26O2. The minimum absolute atomic E-state index is 0.322. The normalized spacial score (nSPS) is 38.0. The van der Waals surface area contributed by atoms with E-state index in [4.69, 9.17) is 4.74 Å². The molecule has 2 heteroatoms. The smallest absolute Gasteiger partial charge is 0.120 e. The Morgan fingerprint density at radius 2 is 2.13 bits per heavy atom. The van der Waals surface area contributed by atoms with E-state index in [1.54, 1.807) is 12.7 Å². The number of hydrogen-bond acceptors (Lipinski definition) is 2. The first-order chi connectivity index (χ1) is 11.2. The van der Waals surface area contributed by atoms with Crippen molar-refractivity contribution in [2.24, 2.45) is 23.2 Å². The van der Waals surface area contributed by atoms with Gasteiger partial charge in [0, 0.05) is 6.08 Å². The highest BCUT2D eigenvalue weighted by Gasteiger charge is 2.54. The predicted octanol–water partition coefficient (Wildman–Crippen LogP) is 4.56. The summed E-state index contributed by atoms with van der Waals surface area (Å²) in [6.07, 6.45) is 9.26. The summed E-state index contributed by atoms with van der Waals surface area (Å²) < 4.78 is 5.40. The van der Waals surface area contributed by atoms with Crippen LogP contribution < -0.4 is 4.74 Å². The van der Waals surface area contributed by atoms with Crippen molar-refractivity contribution in [1.29, 1.82) is 0 Å². The predicted molar refractivity (Wildman–Crippen MR) is 91.4 cm³/mol. The van der Waals surface area contributed by atoms with Crippen LogP contribution in [0.5, 0.6) is 5.75 Å². The summed E-state index contributed by atoms with van der Waals surface area (Å²) in [5.74, 6) is 5.78. The van der Waals surface area contributed by atoms with Gasteiger partial charge in [-0.15, -0.1) is 0 Å². The lowest BCUT2D eigenvalue weighted by atomic mass is 9.54. The number of benzene rings is 1. The molecule has 0 saturated heterocycles. The maximum absolute atomic E-state index is 10.9. The lowest BCUT2D eigenvalue weighted by Crippen LogP contribution is -2.42. The van der Waals surface area contributed by atoms with Crippen molar-refractivity contribution < 1.29 is 9.53 Å². The molecule has 1 aromatic carbocycles. The molecule has 2 fully saturated rings. The molecule has 2 saturated carbocycles. The SMILES string of the molecule is COc1ccc2c(c1)CC[C@@H]1[C@@H]2CC[C@]2(C)[C@H](C=C=O)CC[C@@H]12.